The number of anilines is 2. The number of aromatic amines is 1. The SMILES string of the molecule is C=C(CC)N1C=C([C@@H](Nc2cc(Cl)c3ncc(C#N)c(NCC(C)(C)C)c3c2)c2cccc3c(=O)[nH]ccc23)NN1. The van der Waals surface area contributed by atoms with Crippen LogP contribution >= 0.6 is 11.6 Å². The Kier molecular flexibility index (Phi) is 7.63. The minimum Gasteiger partial charge on any atom is -0.383 e. The minimum absolute atomic E-state index is 0.0126. The van der Waals surface area contributed by atoms with Gasteiger partial charge in [-0.2, -0.15) is 5.26 Å². The maximum Gasteiger partial charge on any atom is 0.255 e. The normalized spacial score (nSPS) is 14.0. The number of fused-ring (bicyclic) bond motifs is 2. The maximum atomic E-state index is 12.6. The molecule has 0 aliphatic carbocycles. The van der Waals surface area contributed by atoms with Gasteiger partial charge in [-0.05, 0) is 47.1 Å². The molecule has 1 aliphatic rings. The van der Waals surface area contributed by atoms with E-state index in [1.165, 1.54) is 0 Å². The van der Waals surface area contributed by atoms with E-state index in [1.807, 2.05) is 54.5 Å². The number of allylic oxidation sites excluding steroid dienone is 1. The molecule has 0 unspecified atom stereocenters. The number of nitrogens with one attached hydrogen (secondary N) is 5. The van der Waals surface area contributed by atoms with Gasteiger partial charge in [0.05, 0.1) is 33.5 Å². The lowest BCUT2D eigenvalue weighted by molar-refractivity contribution is 0.327. The summed E-state index contributed by atoms with van der Waals surface area (Å²) in [6, 6.07) is 13.2. The van der Waals surface area contributed by atoms with Gasteiger partial charge in [0, 0.05) is 47.3 Å². The van der Waals surface area contributed by atoms with Gasteiger partial charge in [0.15, 0.2) is 0 Å². The number of rotatable bonds is 8. The van der Waals surface area contributed by atoms with Crippen LogP contribution in [0, 0.1) is 16.7 Å². The Labute approximate surface area is 243 Å². The molecule has 41 heavy (non-hydrogen) atoms. The zero-order valence-corrected chi connectivity index (χ0v) is 24.3. The highest BCUT2D eigenvalue weighted by Crippen LogP contribution is 2.37. The van der Waals surface area contributed by atoms with Gasteiger partial charge < -0.3 is 21.0 Å². The maximum absolute atomic E-state index is 12.6. The quantitative estimate of drug-likeness (QED) is 0.168. The molecule has 9 nitrogen and oxygen atoms in total. The van der Waals surface area contributed by atoms with Gasteiger partial charge in [-0.25, -0.2) is 0 Å². The molecule has 3 heterocycles. The Hall–Kier alpha value is -4.52. The number of nitrogens with zero attached hydrogens (tertiary/aromatic N) is 3. The van der Waals surface area contributed by atoms with Crippen molar-refractivity contribution in [3.8, 4) is 6.07 Å². The van der Waals surface area contributed by atoms with Crippen molar-refractivity contribution in [2.75, 3.05) is 17.2 Å². The van der Waals surface area contributed by atoms with Crippen molar-refractivity contribution in [1.29, 1.82) is 5.26 Å². The van der Waals surface area contributed by atoms with E-state index in [4.69, 9.17) is 11.6 Å². The summed E-state index contributed by atoms with van der Waals surface area (Å²) >= 11 is 6.79. The van der Waals surface area contributed by atoms with E-state index in [0.29, 0.717) is 33.7 Å². The first-order chi connectivity index (χ1) is 19.6. The second-order valence-electron chi connectivity index (χ2n) is 11.2. The van der Waals surface area contributed by atoms with Gasteiger partial charge in [-0.3, -0.25) is 14.8 Å². The van der Waals surface area contributed by atoms with Crippen LogP contribution in [0.1, 0.15) is 51.3 Å². The Morgan fingerprint density at radius 3 is 2.76 bits per heavy atom. The molecule has 4 aromatic rings. The summed E-state index contributed by atoms with van der Waals surface area (Å²) in [5, 5.41) is 21.4. The highest BCUT2D eigenvalue weighted by atomic mass is 35.5. The summed E-state index contributed by atoms with van der Waals surface area (Å²) in [6.45, 7) is 13.2. The fourth-order valence-electron chi connectivity index (χ4n) is 4.77. The number of aromatic nitrogens is 2. The van der Waals surface area contributed by atoms with Crippen LogP contribution in [0.4, 0.5) is 11.4 Å². The first-order valence-corrected chi connectivity index (χ1v) is 13.8. The van der Waals surface area contributed by atoms with Gasteiger partial charge in [0.1, 0.15) is 6.07 Å². The molecule has 0 bridgehead atoms. The fourth-order valence-corrected chi connectivity index (χ4v) is 5.04. The number of halogens is 1. The minimum atomic E-state index is -0.408. The molecule has 1 atom stereocenters. The zero-order valence-electron chi connectivity index (χ0n) is 23.5. The highest BCUT2D eigenvalue weighted by molar-refractivity contribution is 6.35. The molecule has 1 aliphatic heterocycles. The average molecular weight is 569 g/mol. The third-order valence-electron chi connectivity index (χ3n) is 6.96. The van der Waals surface area contributed by atoms with Gasteiger partial charge in [-0.1, -0.05) is 58.0 Å². The largest absolute Gasteiger partial charge is 0.383 e. The number of hydrazine groups is 2. The van der Waals surface area contributed by atoms with Crippen molar-refractivity contribution in [3.63, 3.8) is 0 Å². The van der Waals surface area contributed by atoms with E-state index in [2.05, 4.69) is 65.0 Å². The molecule has 2 aromatic heterocycles. The Balaban J connectivity index is 1.66. The number of hydrogen-bond donors (Lipinski definition) is 5. The van der Waals surface area contributed by atoms with Crippen molar-refractivity contribution in [1.82, 2.24) is 25.9 Å². The van der Waals surface area contributed by atoms with Crippen LogP contribution in [0.25, 0.3) is 21.7 Å². The molecule has 2 aromatic carbocycles. The number of H-pyrrole nitrogens is 1. The lowest BCUT2D eigenvalue weighted by Crippen LogP contribution is -2.36. The number of benzene rings is 2. The van der Waals surface area contributed by atoms with Crippen LogP contribution in [-0.4, -0.2) is 21.5 Å². The van der Waals surface area contributed by atoms with Gasteiger partial charge in [0.25, 0.3) is 5.56 Å². The summed E-state index contributed by atoms with van der Waals surface area (Å²) < 4.78 is 0. The topological polar surface area (TPSA) is 121 Å². The lowest BCUT2D eigenvalue weighted by Gasteiger charge is -2.24. The van der Waals surface area contributed by atoms with Crippen LogP contribution in [0.3, 0.4) is 0 Å². The van der Waals surface area contributed by atoms with Gasteiger partial charge in [0.2, 0.25) is 0 Å². The molecule has 0 radical (unpaired) electrons. The number of hydrogen-bond acceptors (Lipinski definition) is 8. The first kappa shape index (κ1) is 28.0. The van der Waals surface area contributed by atoms with Crippen molar-refractivity contribution < 1.29 is 0 Å². The van der Waals surface area contributed by atoms with Crippen LogP contribution in [0.5, 0.6) is 0 Å². The summed E-state index contributed by atoms with van der Waals surface area (Å²) in [5.74, 6) is 0. The summed E-state index contributed by atoms with van der Waals surface area (Å²) in [5.41, 5.74) is 11.3. The Bertz CT molecular complexity index is 1780. The second kappa shape index (κ2) is 11.2. The molecule has 0 amide bonds. The van der Waals surface area contributed by atoms with E-state index in [0.717, 1.165) is 39.8 Å². The van der Waals surface area contributed by atoms with E-state index < -0.39 is 6.04 Å². The molecule has 5 N–H and O–H groups in total. The van der Waals surface area contributed by atoms with E-state index in [1.54, 1.807) is 12.4 Å². The summed E-state index contributed by atoms with van der Waals surface area (Å²) in [7, 11) is 0. The third-order valence-corrected chi connectivity index (χ3v) is 7.25. The van der Waals surface area contributed by atoms with Crippen molar-refractivity contribution in [3.05, 3.63) is 99.5 Å². The lowest BCUT2D eigenvalue weighted by atomic mass is 9.96. The second-order valence-corrected chi connectivity index (χ2v) is 11.6. The average Bonchev–Trinajstić information content (AvgIpc) is 3.44. The van der Waals surface area contributed by atoms with E-state index in [-0.39, 0.29) is 11.0 Å². The monoisotopic (exact) mass is 568 g/mol. The molecule has 210 valence electrons. The predicted molar refractivity (Wildman–Crippen MR) is 166 cm³/mol. The molecular formula is C31H33ClN8O. The first-order valence-electron chi connectivity index (χ1n) is 13.4. The zero-order chi connectivity index (χ0) is 29.3. The summed E-state index contributed by atoms with van der Waals surface area (Å²) in [4.78, 5) is 19.9. The van der Waals surface area contributed by atoms with Crippen LogP contribution < -0.4 is 27.2 Å². The highest BCUT2D eigenvalue weighted by Gasteiger charge is 2.26. The standard InChI is InChI=1S/C31H33ClN8O/c1-6-18(2)40-16-26(38-39-40)29(22-8-7-9-23-21(22)10-11-34-30(23)41)37-20-12-24-27(36-17-31(3,4)5)19(14-33)15-35-28(24)25(32)13-20/h7-13,15-16,29,37-39H,2,6,17H2,1,3-5H3,(H,34,41)(H,35,36)/t29-/m0/s1. The Morgan fingerprint density at radius 1 is 1.22 bits per heavy atom. The summed E-state index contributed by atoms with van der Waals surface area (Å²) in [6.07, 6.45) is 5.92. The van der Waals surface area contributed by atoms with Gasteiger partial charge in [-0.15, -0.1) is 5.53 Å². The van der Waals surface area contributed by atoms with Crippen LogP contribution in [0.2, 0.25) is 5.02 Å². The smallest absolute Gasteiger partial charge is 0.255 e. The number of nitriles is 1. The fraction of sp³-hybridized carbons (Fsp3) is 0.258. The number of pyridine rings is 2. The predicted octanol–water partition coefficient (Wildman–Crippen LogP) is 6.30. The van der Waals surface area contributed by atoms with E-state index in [9.17, 15) is 10.1 Å². The molecule has 0 fully saturated rings. The van der Waals surface area contributed by atoms with Crippen LogP contribution in [-0.2, 0) is 0 Å². The molecule has 10 heteroatoms. The van der Waals surface area contributed by atoms with Crippen molar-refractivity contribution in [2.45, 2.75) is 40.2 Å². The molecule has 5 rings (SSSR count). The van der Waals surface area contributed by atoms with E-state index >= 15 is 0 Å². The van der Waals surface area contributed by atoms with Crippen molar-refractivity contribution >= 4 is 44.7 Å². The molecule has 0 spiro atoms. The Morgan fingerprint density at radius 2 is 2.02 bits per heavy atom. The van der Waals surface area contributed by atoms with Crippen molar-refractivity contribution in [2.24, 2.45) is 5.41 Å². The van der Waals surface area contributed by atoms with Crippen LogP contribution in [0.15, 0.2) is 77.8 Å². The molecule has 0 saturated carbocycles. The molecule has 0 saturated heterocycles. The van der Waals surface area contributed by atoms with Gasteiger partial charge >= 0.3 is 0 Å². The molecular weight excluding hydrogens is 536 g/mol. The third kappa shape index (κ3) is 5.71.